The molecule has 1 amide bonds. The van der Waals surface area contributed by atoms with Gasteiger partial charge in [-0.1, -0.05) is 26.2 Å². The van der Waals surface area contributed by atoms with Crippen molar-refractivity contribution in [3.8, 4) is 0 Å². The standard InChI is InChI=1S/C15H22N2O/c1-2-11-5-3-4-6-14(11)17-13-9-7-12(8-10-13)15(16)18/h7-11,14,17H,2-6H2,1H3,(H2,16,18). The van der Waals surface area contributed by atoms with Gasteiger partial charge in [0.05, 0.1) is 0 Å². The first-order chi connectivity index (χ1) is 8.70. The lowest BCUT2D eigenvalue weighted by Gasteiger charge is -2.32. The number of hydrogen-bond donors (Lipinski definition) is 2. The SMILES string of the molecule is CCC1CCCCC1Nc1ccc(C(N)=O)cc1. The second kappa shape index (κ2) is 5.89. The lowest BCUT2D eigenvalue weighted by atomic mass is 9.83. The van der Waals surface area contributed by atoms with Crippen LogP contribution in [-0.4, -0.2) is 11.9 Å². The van der Waals surface area contributed by atoms with E-state index in [4.69, 9.17) is 5.73 Å². The zero-order chi connectivity index (χ0) is 13.0. The van der Waals surface area contributed by atoms with Gasteiger partial charge in [-0.3, -0.25) is 4.79 Å². The van der Waals surface area contributed by atoms with Gasteiger partial charge in [0.25, 0.3) is 0 Å². The fourth-order valence-corrected chi connectivity index (χ4v) is 2.83. The second-order valence-corrected chi connectivity index (χ2v) is 5.15. The average Bonchev–Trinajstić information content (AvgIpc) is 2.40. The van der Waals surface area contributed by atoms with Crippen LogP contribution in [0.1, 0.15) is 49.4 Å². The fraction of sp³-hybridized carbons (Fsp3) is 0.533. The van der Waals surface area contributed by atoms with Gasteiger partial charge in [0.2, 0.25) is 5.91 Å². The molecule has 18 heavy (non-hydrogen) atoms. The molecule has 2 rings (SSSR count). The van der Waals surface area contributed by atoms with Crippen LogP contribution >= 0.6 is 0 Å². The third-order valence-electron chi connectivity index (χ3n) is 3.95. The van der Waals surface area contributed by atoms with Crippen molar-refractivity contribution < 1.29 is 4.79 Å². The highest BCUT2D eigenvalue weighted by molar-refractivity contribution is 5.93. The normalized spacial score (nSPS) is 23.6. The summed E-state index contributed by atoms with van der Waals surface area (Å²) in [6.45, 7) is 2.26. The Balaban J connectivity index is 2.01. The summed E-state index contributed by atoms with van der Waals surface area (Å²) in [5.74, 6) is 0.403. The number of carbonyl (C=O) groups excluding carboxylic acids is 1. The summed E-state index contributed by atoms with van der Waals surface area (Å²) >= 11 is 0. The summed E-state index contributed by atoms with van der Waals surface area (Å²) in [7, 11) is 0. The van der Waals surface area contributed by atoms with Crippen molar-refractivity contribution in [1.82, 2.24) is 0 Å². The minimum Gasteiger partial charge on any atom is -0.382 e. The van der Waals surface area contributed by atoms with Gasteiger partial charge in [0.1, 0.15) is 0 Å². The van der Waals surface area contributed by atoms with Gasteiger partial charge in [0.15, 0.2) is 0 Å². The van der Waals surface area contributed by atoms with E-state index >= 15 is 0 Å². The Labute approximate surface area is 109 Å². The monoisotopic (exact) mass is 246 g/mol. The Hall–Kier alpha value is -1.51. The Morgan fingerprint density at radius 1 is 1.28 bits per heavy atom. The average molecular weight is 246 g/mol. The molecule has 0 radical (unpaired) electrons. The zero-order valence-electron chi connectivity index (χ0n) is 11.0. The Morgan fingerprint density at radius 2 is 1.94 bits per heavy atom. The summed E-state index contributed by atoms with van der Waals surface area (Å²) in [5.41, 5.74) is 6.89. The van der Waals surface area contributed by atoms with Gasteiger partial charge in [-0.2, -0.15) is 0 Å². The van der Waals surface area contributed by atoms with E-state index in [1.54, 1.807) is 12.1 Å². The van der Waals surface area contributed by atoms with Crippen LogP contribution in [-0.2, 0) is 0 Å². The topological polar surface area (TPSA) is 55.1 Å². The molecule has 2 unspecified atom stereocenters. The maximum Gasteiger partial charge on any atom is 0.248 e. The summed E-state index contributed by atoms with van der Waals surface area (Å²) < 4.78 is 0. The molecule has 1 fully saturated rings. The summed E-state index contributed by atoms with van der Waals surface area (Å²) in [5, 5.41) is 3.60. The second-order valence-electron chi connectivity index (χ2n) is 5.15. The summed E-state index contributed by atoms with van der Waals surface area (Å²) in [4.78, 5) is 11.0. The number of benzene rings is 1. The van der Waals surface area contributed by atoms with E-state index in [9.17, 15) is 4.79 Å². The maximum absolute atomic E-state index is 11.0. The molecule has 0 spiro atoms. The molecule has 0 aliphatic heterocycles. The van der Waals surface area contributed by atoms with Gasteiger partial charge in [-0.15, -0.1) is 0 Å². The van der Waals surface area contributed by atoms with Gasteiger partial charge in [-0.25, -0.2) is 0 Å². The van der Waals surface area contributed by atoms with Crippen LogP contribution in [0.2, 0.25) is 0 Å². The molecule has 3 heteroatoms. The minimum absolute atomic E-state index is 0.370. The minimum atomic E-state index is -0.370. The van der Waals surface area contributed by atoms with Crippen LogP contribution in [0.15, 0.2) is 24.3 Å². The summed E-state index contributed by atoms with van der Waals surface area (Å²) in [6, 6.07) is 8.04. The van der Waals surface area contributed by atoms with Gasteiger partial charge < -0.3 is 11.1 Å². The van der Waals surface area contributed by atoms with Crippen LogP contribution < -0.4 is 11.1 Å². The highest BCUT2D eigenvalue weighted by atomic mass is 16.1. The largest absolute Gasteiger partial charge is 0.382 e. The van der Waals surface area contributed by atoms with Gasteiger partial charge in [0, 0.05) is 17.3 Å². The van der Waals surface area contributed by atoms with Crippen molar-refractivity contribution in [3.05, 3.63) is 29.8 Å². The summed E-state index contributed by atoms with van der Waals surface area (Å²) in [6.07, 6.45) is 6.48. The predicted molar refractivity (Wildman–Crippen MR) is 74.6 cm³/mol. The van der Waals surface area contributed by atoms with Crippen LogP contribution in [0.3, 0.4) is 0 Å². The van der Waals surface area contributed by atoms with Crippen molar-refractivity contribution in [2.75, 3.05) is 5.32 Å². The van der Waals surface area contributed by atoms with Gasteiger partial charge >= 0.3 is 0 Å². The molecule has 1 aromatic carbocycles. The Morgan fingerprint density at radius 3 is 2.56 bits per heavy atom. The molecule has 1 aliphatic carbocycles. The quantitative estimate of drug-likeness (QED) is 0.857. The van der Waals surface area contributed by atoms with E-state index < -0.39 is 0 Å². The number of nitrogens with two attached hydrogens (primary N) is 1. The molecule has 1 aliphatic rings. The lowest BCUT2D eigenvalue weighted by molar-refractivity contribution is 0.100. The molecule has 0 aromatic heterocycles. The molecule has 2 atom stereocenters. The number of nitrogens with one attached hydrogen (secondary N) is 1. The number of hydrogen-bond acceptors (Lipinski definition) is 2. The molecular formula is C15H22N2O. The van der Waals surface area contributed by atoms with Gasteiger partial charge in [-0.05, 0) is 43.0 Å². The predicted octanol–water partition coefficient (Wildman–Crippen LogP) is 3.17. The Kier molecular flexibility index (Phi) is 4.24. The smallest absolute Gasteiger partial charge is 0.248 e. The first-order valence-electron chi connectivity index (χ1n) is 6.87. The van der Waals surface area contributed by atoms with Crippen LogP contribution in [0.25, 0.3) is 0 Å². The van der Waals surface area contributed by atoms with Crippen LogP contribution in [0.4, 0.5) is 5.69 Å². The molecule has 3 N–H and O–H groups in total. The van der Waals surface area contributed by atoms with Crippen LogP contribution in [0.5, 0.6) is 0 Å². The lowest BCUT2D eigenvalue weighted by Crippen LogP contribution is -2.31. The highest BCUT2D eigenvalue weighted by Gasteiger charge is 2.23. The first kappa shape index (κ1) is 12.9. The van der Waals surface area contributed by atoms with E-state index in [2.05, 4.69) is 12.2 Å². The van der Waals surface area contributed by atoms with Crippen LogP contribution in [0, 0.1) is 5.92 Å². The third kappa shape index (κ3) is 3.03. The fourth-order valence-electron chi connectivity index (χ4n) is 2.83. The van der Waals surface area contributed by atoms with Crippen molar-refractivity contribution >= 4 is 11.6 Å². The third-order valence-corrected chi connectivity index (χ3v) is 3.95. The first-order valence-corrected chi connectivity index (χ1v) is 6.87. The highest BCUT2D eigenvalue weighted by Crippen LogP contribution is 2.29. The number of amides is 1. The van der Waals surface area contributed by atoms with E-state index in [1.807, 2.05) is 12.1 Å². The molecule has 0 bridgehead atoms. The van der Waals surface area contributed by atoms with Crippen molar-refractivity contribution in [1.29, 1.82) is 0 Å². The van der Waals surface area contributed by atoms with E-state index in [-0.39, 0.29) is 5.91 Å². The number of anilines is 1. The van der Waals surface area contributed by atoms with E-state index in [1.165, 1.54) is 32.1 Å². The molecule has 98 valence electrons. The molecule has 1 saturated carbocycles. The maximum atomic E-state index is 11.0. The Bertz CT molecular complexity index is 399. The molecule has 0 heterocycles. The number of primary amides is 1. The zero-order valence-corrected chi connectivity index (χ0v) is 11.0. The molecule has 1 aromatic rings. The van der Waals surface area contributed by atoms with E-state index in [0.717, 1.165) is 11.6 Å². The number of rotatable bonds is 4. The van der Waals surface area contributed by atoms with Crippen molar-refractivity contribution in [2.24, 2.45) is 11.7 Å². The molecule has 3 nitrogen and oxygen atoms in total. The molecule has 0 saturated heterocycles. The van der Waals surface area contributed by atoms with E-state index in [0.29, 0.717) is 11.6 Å². The number of carbonyl (C=O) groups is 1. The van der Waals surface area contributed by atoms with Crippen molar-refractivity contribution in [2.45, 2.75) is 45.1 Å². The molecular weight excluding hydrogens is 224 g/mol. The van der Waals surface area contributed by atoms with Crippen molar-refractivity contribution in [3.63, 3.8) is 0 Å².